The van der Waals surface area contributed by atoms with E-state index >= 15 is 0 Å². The molecule has 0 radical (unpaired) electrons. The Bertz CT molecular complexity index is 564. The fourth-order valence-electron chi connectivity index (χ4n) is 2.14. The summed E-state index contributed by atoms with van der Waals surface area (Å²) in [6, 6.07) is 6.17. The van der Waals surface area contributed by atoms with E-state index in [9.17, 15) is 9.59 Å². The third-order valence-corrected chi connectivity index (χ3v) is 2.98. The van der Waals surface area contributed by atoms with Crippen LogP contribution in [0.3, 0.4) is 0 Å². The third kappa shape index (κ3) is 3.50. The van der Waals surface area contributed by atoms with Gasteiger partial charge in [-0.05, 0) is 39.8 Å². The van der Waals surface area contributed by atoms with Crippen LogP contribution in [-0.4, -0.2) is 36.9 Å². The van der Waals surface area contributed by atoms with E-state index in [4.69, 9.17) is 14.2 Å². The maximum atomic E-state index is 12.5. The molecule has 120 valence electrons. The van der Waals surface area contributed by atoms with E-state index in [-0.39, 0.29) is 13.2 Å². The van der Waals surface area contributed by atoms with Crippen molar-refractivity contribution < 1.29 is 23.8 Å². The fraction of sp³-hybridized carbons (Fsp3) is 0.500. The van der Waals surface area contributed by atoms with Gasteiger partial charge in [0.25, 0.3) is 0 Å². The first-order valence-electron chi connectivity index (χ1n) is 7.24. The third-order valence-electron chi connectivity index (χ3n) is 2.98. The van der Waals surface area contributed by atoms with Crippen LogP contribution in [0.4, 0.5) is 10.5 Å². The number of benzene rings is 1. The minimum Gasteiger partial charge on any atom is -0.489 e. The summed E-state index contributed by atoms with van der Waals surface area (Å²) in [6.07, 6.45) is -0.596. The lowest BCUT2D eigenvalue weighted by Crippen LogP contribution is -2.53. The van der Waals surface area contributed by atoms with Crippen LogP contribution in [0.25, 0.3) is 0 Å². The number of fused-ring (bicyclic) bond motifs is 1. The van der Waals surface area contributed by atoms with E-state index in [1.54, 1.807) is 52.0 Å². The zero-order chi connectivity index (χ0) is 16.3. The van der Waals surface area contributed by atoms with Crippen LogP contribution in [0.1, 0.15) is 27.7 Å². The van der Waals surface area contributed by atoms with E-state index in [1.165, 1.54) is 4.90 Å². The van der Waals surface area contributed by atoms with Crippen molar-refractivity contribution in [2.75, 3.05) is 18.1 Å². The molecule has 1 aliphatic rings. The smallest absolute Gasteiger partial charge is 0.415 e. The zero-order valence-electron chi connectivity index (χ0n) is 13.3. The molecular formula is C16H21NO5. The van der Waals surface area contributed by atoms with Gasteiger partial charge >= 0.3 is 12.1 Å². The second-order valence-electron chi connectivity index (χ2n) is 5.90. The topological polar surface area (TPSA) is 65.1 Å². The lowest BCUT2D eigenvalue weighted by Gasteiger charge is -2.36. The zero-order valence-corrected chi connectivity index (χ0v) is 13.3. The summed E-state index contributed by atoms with van der Waals surface area (Å²) in [5.74, 6) is 0.0248. The molecule has 1 unspecified atom stereocenters. The normalized spacial score (nSPS) is 17.3. The number of amides is 1. The molecule has 1 aromatic carbocycles. The maximum Gasteiger partial charge on any atom is 0.415 e. The lowest BCUT2D eigenvalue weighted by atomic mass is 10.1. The average Bonchev–Trinajstić information content (AvgIpc) is 2.44. The first-order valence-corrected chi connectivity index (χ1v) is 7.24. The Labute approximate surface area is 129 Å². The molecule has 0 bridgehead atoms. The van der Waals surface area contributed by atoms with Crippen molar-refractivity contribution in [3.05, 3.63) is 24.3 Å². The Morgan fingerprint density at radius 2 is 2.00 bits per heavy atom. The molecule has 1 amide bonds. The molecular weight excluding hydrogens is 286 g/mol. The Kier molecular flexibility index (Phi) is 4.59. The highest BCUT2D eigenvalue weighted by molar-refractivity contribution is 5.98. The average molecular weight is 307 g/mol. The van der Waals surface area contributed by atoms with E-state index in [2.05, 4.69) is 0 Å². The van der Waals surface area contributed by atoms with Crippen LogP contribution in [0, 0.1) is 0 Å². The molecule has 0 saturated carbocycles. The van der Waals surface area contributed by atoms with Gasteiger partial charge in [0.05, 0.1) is 12.3 Å². The van der Waals surface area contributed by atoms with Crippen molar-refractivity contribution in [3.8, 4) is 5.75 Å². The second-order valence-corrected chi connectivity index (χ2v) is 5.90. The first-order chi connectivity index (χ1) is 10.3. The molecule has 0 N–H and O–H groups in total. The van der Waals surface area contributed by atoms with E-state index in [1.807, 2.05) is 0 Å². The summed E-state index contributed by atoms with van der Waals surface area (Å²) in [4.78, 5) is 26.0. The summed E-state index contributed by atoms with van der Waals surface area (Å²) in [7, 11) is 0. The van der Waals surface area contributed by atoms with Gasteiger partial charge in [-0.2, -0.15) is 0 Å². The van der Waals surface area contributed by atoms with Crippen molar-refractivity contribution in [1.82, 2.24) is 0 Å². The standard InChI is InChI=1S/C16H21NO5/c1-5-20-14(18)12-10-21-13-9-7-6-8-11(13)17(12)15(19)22-16(2,3)4/h6-9,12H,5,10H2,1-4H3. The van der Waals surface area contributed by atoms with Crippen molar-refractivity contribution >= 4 is 17.7 Å². The van der Waals surface area contributed by atoms with Gasteiger partial charge in [0, 0.05) is 0 Å². The molecule has 2 rings (SSSR count). The number of para-hydroxylation sites is 2. The van der Waals surface area contributed by atoms with Gasteiger partial charge in [-0.15, -0.1) is 0 Å². The van der Waals surface area contributed by atoms with Gasteiger partial charge in [0.2, 0.25) is 0 Å². The summed E-state index contributed by atoms with van der Waals surface area (Å²) in [5, 5.41) is 0. The minimum atomic E-state index is -0.857. The summed E-state index contributed by atoms with van der Waals surface area (Å²) >= 11 is 0. The summed E-state index contributed by atoms with van der Waals surface area (Å²) in [5.41, 5.74) is -0.162. The maximum absolute atomic E-state index is 12.5. The van der Waals surface area contributed by atoms with Crippen LogP contribution in [0.5, 0.6) is 5.75 Å². The van der Waals surface area contributed by atoms with Gasteiger partial charge in [-0.25, -0.2) is 9.59 Å². The van der Waals surface area contributed by atoms with Gasteiger partial charge < -0.3 is 14.2 Å². The quantitative estimate of drug-likeness (QED) is 0.786. The number of ether oxygens (including phenoxy) is 3. The molecule has 0 fully saturated rings. The minimum absolute atomic E-state index is 0.0368. The Morgan fingerprint density at radius 3 is 2.64 bits per heavy atom. The number of hydrogen-bond acceptors (Lipinski definition) is 5. The van der Waals surface area contributed by atoms with Crippen LogP contribution in [0.2, 0.25) is 0 Å². The summed E-state index contributed by atoms with van der Waals surface area (Å²) in [6.45, 7) is 7.31. The van der Waals surface area contributed by atoms with Crippen molar-refractivity contribution in [2.24, 2.45) is 0 Å². The van der Waals surface area contributed by atoms with Gasteiger partial charge in [0.15, 0.2) is 6.04 Å². The number of hydrogen-bond donors (Lipinski definition) is 0. The van der Waals surface area contributed by atoms with Gasteiger partial charge in [-0.1, -0.05) is 12.1 Å². The highest BCUT2D eigenvalue weighted by atomic mass is 16.6. The lowest BCUT2D eigenvalue weighted by molar-refractivity contribution is -0.145. The predicted molar refractivity (Wildman–Crippen MR) is 81.1 cm³/mol. The van der Waals surface area contributed by atoms with E-state index in [0.717, 1.165) is 0 Å². The Morgan fingerprint density at radius 1 is 1.32 bits per heavy atom. The molecule has 6 heteroatoms. The number of nitrogens with zero attached hydrogens (tertiary/aromatic N) is 1. The number of anilines is 1. The number of carbonyl (C=O) groups excluding carboxylic acids is 2. The van der Waals surface area contributed by atoms with Crippen molar-refractivity contribution in [3.63, 3.8) is 0 Å². The van der Waals surface area contributed by atoms with E-state index in [0.29, 0.717) is 11.4 Å². The second kappa shape index (κ2) is 6.25. The van der Waals surface area contributed by atoms with Crippen LogP contribution >= 0.6 is 0 Å². The first kappa shape index (κ1) is 16.1. The van der Waals surface area contributed by atoms with E-state index < -0.39 is 23.7 Å². The Hall–Kier alpha value is -2.24. The molecule has 0 saturated heterocycles. The van der Waals surface area contributed by atoms with Crippen molar-refractivity contribution in [1.29, 1.82) is 0 Å². The summed E-state index contributed by atoms with van der Waals surface area (Å²) < 4.78 is 16.0. The molecule has 1 aliphatic heterocycles. The van der Waals surface area contributed by atoms with Crippen LogP contribution in [-0.2, 0) is 14.3 Å². The molecule has 1 aromatic rings. The molecule has 1 heterocycles. The number of rotatable bonds is 2. The van der Waals surface area contributed by atoms with Gasteiger partial charge in [0.1, 0.15) is 18.0 Å². The number of carbonyl (C=O) groups is 2. The molecule has 6 nitrogen and oxygen atoms in total. The highest BCUT2D eigenvalue weighted by Gasteiger charge is 2.40. The molecule has 0 spiro atoms. The van der Waals surface area contributed by atoms with Gasteiger partial charge in [-0.3, -0.25) is 4.90 Å². The predicted octanol–water partition coefficient (Wildman–Crippen LogP) is 2.75. The molecule has 0 aliphatic carbocycles. The molecule has 1 atom stereocenters. The van der Waals surface area contributed by atoms with Crippen molar-refractivity contribution in [2.45, 2.75) is 39.3 Å². The fourth-order valence-corrected chi connectivity index (χ4v) is 2.14. The van der Waals surface area contributed by atoms with Crippen LogP contribution in [0.15, 0.2) is 24.3 Å². The molecule has 22 heavy (non-hydrogen) atoms. The SMILES string of the molecule is CCOC(=O)C1COc2ccccc2N1C(=O)OC(C)(C)C. The van der Waals surface area contributed by atoms with Crippen LogP contribution < -0.4 is 9.64 Å². The highest BCUT2D eigenvalue weighted by Crippen LogP contribution is 2.35. The Balaban J connectivity index is 2.36. The molecule has 0 aromatic heterocycles. The number of esters is 1. The largest absolute Gasteiger partial charge is 0.489 e. The monoisotopic (exact) mass is 307 g/mol.